The summed E-state index contributed by atoms with van der Waals surface area (Å²) in [5, 5.41) is 22.7. The number of hydrogen-bond donors (Lipinski definition) is 2. The Balaban J connectivity index is 1.53. The van der Waals surface area contributed by atoms with Gasteiger partial charge < -0.3 is 19.3 Å². The number of benzene rings is 3. The van der Waals surface area contributed by atoms with Crippen molar-refractivity contribution in [2.24, 2.45) is 5.10 Å². The van der Waals surface area contributed by atoms with Crippen molar-refractivity contribution in [2.45, 2.75) is 0 Å². The third kappa shape index (κ3) is 5.55. The second-order valence-electron chi connectivity index (χ2n) is 6.57. The average Bonchev–Trinajstić information content (AvgIpc) is 2.84. The molecule has 0 aliphatic heterocycles. The lowest BCUT2D eigenvalue weighted by Gasteiger charge is -2.09. The van der Waals surface area contributed by atoms with Crippen molar-refractivity contribution in [3.63, 3.8) is 0 Å². The number of ether oxygens (including phenoxy) is 3. The number of nitrogens with one attached hydrogen (secondary N) is 1. The van der Waals surface area contributed by atoms with Crippen molar-refractivity contribution in [2.75, 3.05) is 20.8 Å². The summed E-state index contributed by atoms with van der Waals surface area (Å²) in [6, 6.07) is 19.7. The second-order valence-corrected chi connectivity index (χ2v) is 6.57. The van der Waals surface area contributed by atoms with Crippen LogP contribution in [0.5, 0.6) is 23.0 Å². The fourth-order valence-electron chi connectivity index (χ4n) is 2.83. The van der Waals surface area contributed by atoms with Crippen LogP contribution >= 0.6 is 0 Å². The van der Waals surface area contributed by atoms with Gasteiger partial charge >= 0.3 is 0 Å². The molecule has 0 aliphatic rings. The number of methoxy groups -OCH3 is 2. The zero-order valence-electron chi connectivity index (χ0n) is 17.5. The van der Waals surface area contributed by atoms with Gasteiger partial charge in [-0.25, -0.2) is 5.43 Å². The van der Waals surface area contributed by atoms with Gasteiger partial charge in [0.1, 0.15) is 5.75 Å². The first-order valence-corrected chi connectivity index (χ1v) is 9.54. The fourth-order valence-corrected chi connectivity index (χ4v) is 2.83. The largest absolute Gasteiger partial charge is 0.502 e. The highest BCUT2D eigenvalue weighted by Gasteiger charge is 2.10. The van der Waals surface area contributed by atoms with Gasteiger partial charge in [0.15, 0.2) is 18.1 Å². The van der Waals surface area contributed by atoms with E-state index in [0.717, 1.165) is 11.1 Å². The lowest BCUT2D eigenvalue weighted by molar-refractivity contribution is -0.123. The molecule has 1 amide bonds. The standard InChI is InChI=1S/C24H21N3O5/c1-30-21-11-17(12-22(31-2)24(21)29)14-26-27-23(28)15-32-20-9-7-19(8-10-20)18-5-3-16(13-25)4-6-18/h3-12,14,29H,15H2,1-2H3,(H,27,28). The molecule has 0 heterocycles. The van der Waals surface area contributed by atoms with Crippen LogP contribution in [0.1, 0.15) is 11.1 Å². The number of nitrogens with zero attached hydrogens (tertiary/aromatic N) is 2. The average molecular weight is 431 g/mol. The molecule has 0 fully saturated rings. The summed E-state index contributed by atoms with van der Waals surface area (Å²) in [4.78, 5) is 12.0. The summed E-state index contributed by atoms with van der Waals surface area (Å²) in [6.45, 7) is -0.213. The number of carbonyl (C=O) groups is 1. The number of carbonyl (C=O) groups excluding carboxylic acids is 1. The van der Waals surface area contributed by atoms with E-state index in [1.165, 1.54) is 20.4 Å². The fraction of sp³-hybridized carbons (Fsp3) is 0.125. The molecule has 0 aliphatic carbocycles. The molecule has 0 spiro atoms. The summed E-state index contributed by atoms with van der Waals surface area (Å²) in [5.41, 5.74) is 5.49. The van der Waals surface area contributed by atoms with Crippen LogP contribution in [-0.4, -0.2) is 38.1 Å². The van der Waals surface area contributed by atoms with Crippen molar-refractivity contribution < 1.29 is 24.1 Å². The van der Waals surface area contributed by atoms with E-state index < -0.39 is 5.91 Å². The van der Waals surface area contributed by atoms with Gasteiger partial charge in [0, 0.05) is 5.56 Å². The van der Waals surface area contributed by atoms with Crippen LogP contribution in [0.25, 0.3) is 11.1 Å². The maximum Gasteiger partial charge on any atom is 0.277 e. The molecular formula is C24H21N3O5. The molecule has 32 heavy (non-hydrogen) atoms. The van der Waals surface area contributed by atoms with Gasteiger partial charge in [-0.15, -0.1) is 0 Å². The van der Waals surface area contributed by atoms with Gasteiger partial charge in [-0.2, -0.15) is 10.4 Å². The highest BCUT2D eigenvalue weighted by Crippen LogP contribution is 2.36. The van der Waals surface area contributed by atoms with Crippen molar-refractivity contribution in [1.29, 1.82) is 5.26 Å². The lowest BCUT2D eigenvalue weighted by Crippen LogP contribution is -2.24. The molecule has 0 radical (unpaired) electrons. The van der Waals surface area contributed by atoms with Crippen molar-refractivity contribution in [3.05, 3.63) is 71.8 Å². The molecular weight excluding hydrogens is 410 g/mol. The van der Waals surface area contributed by atoms with Crippen LogP contribution in [0.15, 0.2) is 65.8 Å². The number of phenolic OH excluding ortho intramolecular Hbond substituents is 1. The lowest BCUT2D eigenvalue weighted by atomic mass is 10.0. The molecule has 0 atom stereocenters. The van der Waals surface area contributed by atoms with Gasteiger partial charge in [0.05, 0.1) is 32.1 Å². The minimum Gasteiger partial charge on any atom is -0.502 e. The quantitative estimate of drug-likeness (QED) is 0.417. The highest BCUT2D eigenvalue weighted by atomic mass is 16.5. The Morgan fingerprint density at radius 3 is 2.12 bits per heavy atom. The van der Waals surface area contributed by atoms with E-state index in [9.17, 15) is 9.90 Å². The Hall–Kier alpha value is -4.51. The van der Waals surface area contributed by atoms with Gasteiger partial charge in [-0.05, 0) is 47.5 Å². The second kappa shape index (κ2) is 10.5. The minimum absolute atomic E-state index is 0.116. The monoisotopic (exact) mass is 431 g/mol. The molecule has 0 unspecified atom stereocenters. The molecule has 0 bridgehead atoms. The zero-order chi connectivity index (χ0) is 22.9. The predicted octanol–water partition coefficient (Wildman–Crippen LogP) is 3.48. The SMILES string of the molecule is COc1cc(C=NNC(=O)COc2ccc(-c3ccc(C#N)cc3)cc2)cc(OC)c1O. The molecule has 8 heteroatoms. The molecule has 162 valence electrons. The third-order valence-corrected chi connectivity index (χ3v) is 4.48. The highest BCUT2D eigenvalue weighted by molar-refractivity contribution is 5.84. The molecule has 0 saturated carbocycles. The van der Waals surface area contributed by atoms with E-state index in [0.29, 0.717) is 16.9 Å². The summed E-state index contributed by atoms with van der Waals surface area (Å²) in [6.07, 6.45) is 1.40. The zero-order valence-corrected chi connectivity index (χ0v) is 17.5. The number of phenols is 1. The van der Waals surface area contributed by atoms with Gasteiger partial charge in [-0.1, -0.05) is 24.3 Å². The van der Waals surface area contributed by atoms with E-state index in [1.807, 2.05) is 24.3 Å². The van der Waals surface area contributed by atoms with Crippen LogP contribution in [-0.2, 0) is 4.79 Å². The normalized spacial score (nSPS) is 10.4. The summed E-state index contributed by atoms with van der Waals surface area (Å²) < 4.78 is 15.6. The third-order valence-electron chi connectivity index (χ3n) is 4.48. The molecule has 3 aromatic carbocycles. The Morgan fingerprint density at radius 1 is 1.03 bits per heavy atom. The molecule has 3 aromatic rings. The number of amides is 1. The maximum atomic E-state index is 12.0. The Bertz CT molecular complexity index is 1120. The topological polar surface area (TPSA) is 113 Å². The summed E-state index contributed by atoms with van der Waals surface area (Å²) in [7, 11) is 2.84. The van der Waals surface area contributed by atoms with Crippen LogP contribution < -0.4 is 19.6 Å². The Morgan fingerprint density at radius 2 is 1.59 bits per heavy atom. The molecule has 0 aromatic heterocycles. The number of hydrazone groups is 1. The minimum atomic E-state index is -0.435. The summed E-state index contributed by atoms with van der Waals surface area (Å²) >= 11 is 0. The maximum absolute atomic E-state index is 12.0. The van der Waals surface area contributed by atoms with E-state index in [4.69, 9.17) is 19.5 Å². The first-order chi connectivity index (χ1) is 15.5. The van der Waals surface area contributed by atoms with Gasteiger partial charge in [0.25, 0.3) is 5.91 Å². The first kappa shape index (κ1) is 22.2. The van der Waals surface area contributed by atoms with E-state index in [-0.39, 0.29) is 23.9 Å². The van der Waals surface area contributed by atoms with Crippen molar-refractivity contribution in [1.82, 2.24) is 5.43 Å². The van der Waals surface area contributed by atoms with E-state index >= 15 is 0 Å². The van der Waals surface area contributed by atoms with Crippen LogP contribution in [0.3, 0.4) is 0 Å². The number of rotatable bonds is 8. The molecule has 0 saturated heterocycles. The van der Waals surface area contributed by atoms with Crippen molar-refractivity contribution >= 4 is 12.1 Å². The molecule has 2 N–H and O–H groups in total. The molecule has 3 rings (SSSR count). The van der Waals surface area contributed by atoms with Crippen molar-refractivity contribution in [3.8, 4) is 40.2 Å². The Kier molecular flexibility index (Phi) is 7.28. The first-order valence-electron chi connectivity index (χ1n) is 9.54. The van der Waals surface area contributed by atoms with Gasteiger partial charge in [-0.3, -0.25) is 4.79 Å². The predicted molar refractivity (Wildman–Crippen MR) is 119 cm³/mol. The van der Waals surface area contributed by atoms with Crippen LogP contribution in [0, 0.1) is 11.3 Å². The van der Waals surface area contributed by atoms with Crippen LogP contribution in [0.4, 0.5) is 0 Å². The number of aromatic hydroxyl groups is 1. The van der Waals surface area contributed by atoms with Gasteiger partial charge in [0.2, 0.25) is 5.75 Å². The van der Waals surface area contributed by atoms with Crippen LogP contribution in [0.2, 0.25) is 0 Å². The molecule has 8 nitrogen and oxygen atoms in total. The summed E-state index contributed by atoms with van der Waals surface area (Å²) in [5.74, 6) is 0.439. The number of hydrogen-bond acceptors (Lipinski definition) is 7. The number of nitriles is 1. The van der Waals surface area contributed by atoms with E-state index in [1.54, 1.807) is 36.4 Å². The van der Waals surface area contributed by atoms with E-state index in [2.05, 4.69) is 16.6 Å². The smallest absolute Gasteiger partial charge is 0.277 e. The Labute approximate surface area is 185 Å².